The SMILES string of the molecule is O=S(=O)(Nc1ccc(-c2ccccc2)nc1)c1ccc(F)cc1. The van der Waals surface area contributed by atoms with Crippen molar-refractivity contribution in [2.75, 3.05) is 4.72 Å². The molecule has 23 heavy (non-hydrogen) atoms. The lowest BCUT2D eigenvalue weighted by molar-refractivity contribution is 0.599. The molecule has 0 radical (unpaired) electrons. The molecule has 3 rings (SSSR count). The van der Waals surface area contributed by atoms with Gasteiger partial charge in [-0.05, 0) is 36.4 Å². The Bertz CT molecular complexity index is 894. The van der Waals surface area contributed by atoms with Gasteiger partial charge < -0.3 is 0 Å². The first-order chi connectivity index (χ1) is 11.0. The maximum absolute atomic E-state index is 12.9. The summed E-state index contributed by atoms with van der Waals surface area (Å²) in [6.07, 6.45) is 1.45. The summed E-state index contributed by atoms with van der Waals surface area (Å²) in [5, 5.41) is 0. The molecule has 1 heterocycles. The molecule has 0 spiro atoms. The lowest BCUT2D eigenvalue weighted by Gasteiger charge is -2.08. The van der Waals surface area contributed by atoms with Crippen LogP contribution >= 0.6 is 0 Å². The molecule has 0 amide bonds. The first-order valence-corrected chi connectivity index (χ1v) is 8.33. The van der Waals surface area contributed by atoms with Crippen LogP contribution in [0.2, 0.25) is 0 Å². The highest BCUT2D eigenvalue weighted by Crippen LogP contribution is 2.20. The van der Waals surface area contributed by atoms with E-state index < -0.39 is 15.8 Å². The smallest absolute Gasteiger partial charge is 0.261 e. The Morgan fingerprint density at radius 1 is 0.870 bits per heavy atom. The van der Waals surface area contributed by atoms with Gasteiger partial charge in [-0.15, -0.1) is 0 Å². The highest BCUT2D eigenvalue weighted by molar-refractivity contribution is 7.92. The van der Waals surface area contributed by atoms with Crippen molar-refractivity contribution in [1.29, 1.82) is 0 Å². The van der Waals surface area contributed by atoms with E-state index in [1.54, 1.807) is 12.1 Å². The number of rotatable bonds is 4. The fourth-order valence-corrected chi connectivity index (χ4v) is 3.11. The van der Waals surface area contributed by atoms with Crippen LogP contribution in [0.4, 0.5) is 10.1 Å². The quantitative estimate of drug-likeness (QED) is 0.794. The van der Waals surface area contributed by atoms with E-state index in [1.165, 1.54) is 18.3 Å². The van der Waals surface area contributed by atoms with Gasteiger partial charge in [-0.25, -0.2) is 12.8 Å². The van der Waals surface area contributed by atoms with Gasteiger partial charge in [0.25, 0.3) is 10.0 Å². The van der Waals surface area contributed by atoms with Gasteiger partial charge in [0, 0.05) is 5.56 Å². The second kappa shape index (κ2) is 6.18. The third-order valence-electron chi connectivity index (χ3n) is 3.21. The minimum absolute atomic E-state index is 0.00830. The van der Waals surface area contributed by atoms with Crippen LogP contribution in [-0.2, 0) is 10.0 Å². The van der Waals surface area contributed by atoms with Gasteiger partial charge in [0.2, 0.25) is 0 Å². The first-order valence-electron chi connectivity index (χ1n) is 6.84. The van der Waals surface area contributed by atoms with Crippen LogP contribution in [0, 0.1) is 5.82 Å². The number of anilines is 1. The fraction of sp³-hybridized carbons (Fsp3) is 0. The molecule has 0 aliphatic carbocycles. The maximum Gasteiger partial charge on any atom is 0.261 e. The van der Waals surface area contributed by atoms with Crippen molar-refractivity contribution in [1.82, 2.24) is 4.98 Å². The molecule has 0 saturated heterocycles. The van der Waals surface area contributed by atoms with Gasteiger partial charge in [-0.3, -0.25) is 9.71 Å². The Balaban J connectivity index is 1.82. The molecular weight excluding hydrogens is 315 g/mol. The monoisotopic (exact) mass is 328 g/mol. The number of nitrogens with zero attached hydrogens (tertiary/aromatic N) is 1. The molecule has 2 aromatic carbocycles. The van der Waals surface area contributed by atoms with Crippen LogP contribution in [0.25, 0.3) is 11.3 Å². The minimum atomic E-state index is -3.76. The molecule has 3 aromatic rings. The summed E-state index contributed by atoms with van der Waals surface area (Å²) in [6.45, 7) is 0. The standard InChI is InChI=1S/C17H13FN2O2S/c18-14-6-9-16(10-7-14)23(21,22)20-15-8-11-17(19-12-15)13-4-2-1-3-5-13/h1-12,20H. The Labute approximate surface area is 133 Å². The summed E-state index contributed by atoms with van der Waals surface area (Å²) in [6, 6.07) is 17.6. The summed E-state index contributed by atoms with van der Waals surface area (Å²) in [5.74, 6) is -0.488. The predicted octanol–water partition coefficient (Wildman–Crippen LogP) is 3.69. The van der Waals surface area contributed by atoms with Gasteiger partial charge in [-0.2, -0.15) is 0 Å². The van der Waals surface area contributed by atoms with Crippen LogP contribution in [0.15, 0.2) is 77.8 Å². The molecule has 0 aliphatic heterocycles. The Morgan fingerprint density at radius 2 is 1.57 bits per heavy atom. The summed E-state index contributed by atoms with van der Waals surface area (Å²) >= 11 is 0. The number of benzene rings is 2. The molecular formula is C17H13FN2O2S. The van der Waals surface area contributed by atoms with E-state index in [2.05, 4.69) is 9.71 Å². The van der Waals surface area contributed by atoms with Crippen molar-refractivity contribution in [3.8, 4) is 11.3 Å². The zero-order chi connectivity index (χ0) is 16.3. The van der Waals surface area contributed by atoms with Gasteiger partial charge >= 0.3 is 0 Å². The number of aromatic nitrogens is 1. The number of hydrogen-bond donors (Lipinski definition) is 1. The van der Waals surface area contributed by atoms with Crippen molar-refractivity contribution < 1.29 is 12.8 Å². The number of halogens is 1. The van der Waals surface area contributed by atoms with Crippen LogP contribution in [0.1, 0.15) is 0 Å². The van der Waals surface area contributed by atoms with Crippen LogP contribution < -0.4 is 4.72 Å². The van der Waals surface area contributed by atoms with E-state index in [9.17, 15) is 12.8 Å². The number of sulfonamides is 1. The van der Waals surface area contributed by atoms with Gasteiger partial charge in [0.1, 0.15) is 5.82 Å². The molecule has 1 aromatic heterocycles. The first kappa shape index (κ1) is 15.2. The molecule has 0 bridgehead atoms. The Morgan fingerprint density at radius 3 is 2.17 bits per heavy atom. The largest absolute Gasteiger partial charge is 0.278 e. The van der Waals surface area contributed by atoms with Crippen molar-refractivity contribution >= 4 is 15.7 Å². The van der Waals surface area contributed by atoms with Crippen molar-refractivity contribution in [3.05, 3.63) is 78.7 Å². The van der Waals surface area contributed by atoms with Crippen molar-refractivity contribution in [3.63, 3.8) is 0 Å². The van der Waals surface area contributed by atoms with Crippen LogP contribution in [0.3, 0.4) is 0 Å². The minimum Gasteiger partial charge on any atom is -0.278 e. The van der Waals surface area contributed by atoms with Gasteiger partial charge in [0.05, 0.1) is 22.5 Å². The highest BCUT2D eigenvalue weighted by atomic mass is 32.2. The molecule has 0 saturated carbocycles. The van der Waals surface area contributed by atoms with Crippen molar-refractivity contribution in [2.24, 2.45) is 0 Å². The highest BCUT2D eigenvalue weighted by Gasteiger charge is 2.14. The van der Waals surface area contributed by atoms with Gasteiger partial charge in [0.15, 0.2) is 0 Å². The molecule has 116 valence electrons. The normalized spacial score (nSPS) is 11.2. The predicted molar refractivity (Wildman–Crippen MR) is 86.9 cm³/mol. The molecule has 6 heteroatoms. The van der Waals surface area contributed by atoms with Gasteiger partial charge in [-0.1, -0.05) is 30.3 Å². The maximum atomic E-state index is 12.9. The molecule has 0 aliphatic rings. The Kier molecular flexibility index (Phi) is 4.08. The second-order valence-electron chi connectivity index (χ2n) is 4.86. The number of hydrogen-bond acceptors (Lipinski definition) is 3. The van der Waals surface area contributed by atoms with E-state index in [4.69, 9.17) is 0 Å². The summed E-state index contributed by atoms with van der Waals surface area (Å²) in [7, 11) is -3.76. The molecule has 0 fully saturated rings. The number of nitrogens with one attached hydrogen (secondary N) is 1. The average molecular weight is 328 g/mol. The van der Waals surface area contributed by atoms with E-state index in [-0.39, 0.29) is 4.90 Å². The zero-order valence-electron chi connectivity index (χ0n) is 12.0. The summed E-state index contributed by atoms with van der Waals surface area (Å²) in [4.78, 5) is 4.25. The summed E-state index contributed by atoms with van der Waals surface area (Å²) in [5.41, 5.74) is 2.03. The lowest BCUT2D eigenvalue weighted by Crippen LogP contribution is -2.13. The van der Waals surface area contributed by atoms with E-state index in [1.807, 2.05) is 30.3 Å². The zero-order valence-corrected chi connectivity index (χ0v) is 12.8. The van der Waals surface area contributed by atoms with Crippen molar-refractivity contribution in [2.45, 2.75) is 4.90 Å². The second-order valence-corrected chi connectivity index (χ2v) is 6.54. The lowest BCUT2D eigenvalue weighted by atomic mass is 10.1. The van der Waals surface area contributed by atoms with Crippen LogP contribution in [0.5, 0.6) is 0 Å². The fourth-order valence-electron chi connectivity index (χ4n) is 2.06. The average Bonchev–Trinajstić information content (AvgIpc) is 2.56. The molecule has 1 N–H and O–H groups in total. The topological polar surface area (TPSA) is 59.1 Å². The van der Waals surface area contributed by atoms with E-state index in [0.717, 1.165) is 23.4 Å². The number of pyridine rings is 1. The molecule has 4 nitrogen and oxygen atoms in total. The van der Waals surface area contributed by atoms with E-state index >= 15 is 0 Å². The Hall–Kier alpha value is -2.73. The van der Waals surface area contributed by atoms with E-state index in [0.29, 0.717) is 5.69 Å². The van der Waals surface area contributed by atoms with Crippen LogP contribution in [-0.4, -0.2) is 13.4 Å². The third-order valence-corrected chi connectivity index (χ3v) is 4.61. The summed E-state index contributed by atoms with van der Waals surface area (Å²) < 4.78 is 39.7. The molecule has 0 atom stereocenters. The molecule has 0 unspecified atom stereocenters. The third kappa shape index (κ3) is 3.54.